The van der Waals surface area contributed by atoms with Gasteiger partial charge in [-0.25, -0.2) is 13.8 Å². The number of alkyl halides is 2. The van der Waals surface area contributed by atoms with Gasteiger partial charge in [-0.15, -0.1) is 0 Å². The van der Waals surface area contributed by atoms with Crippen molar-refractivity contribution in [2.45, 2.75) is 13.3 Å². The number of nitrogen functional groups attached to an aromatic ring is 1. The van der Waals surface area contributed by atoms with Crippen molar-refractivity contribution in [3.8, 4) is 0 Å². The van der Waals surface area contributed by atoms with Crippen LogP contribution in [0.5, 0.6) is 0 Å². The standard InChI is InChI=1S/C8H7ClF2N2O/c1-3-5(6(9)14)4(7(10)11)2-13-8(3)12/h2,7H,1H3,(H2,12,13). The molecule has 76 valence electrons. The maximum absolute atomic E-state index is 12.4. The summed E-state index contributed by atoms with van der Waals surface area (Å²) >= 11 is 5.17. The van der Waals surface area contributed by atoms with E-state index in [4.69, 9.17) is 17.3 Å². The molecule has 0 saturated heterocycles. The molecule has 0 aliphatic rings. The van der Waals surface area contributed by atoms with Gasteiger partial charge in [-0.2, -0.15) is 0 Å². The summed E-state index contributed by atoms with van der Waals surface area (Å²) in [5.41, 5.74) is 4.80. The molecule has 0 fully saturated rings. The van der Waals surface area contributed by atoms with Crippen LogP contribution in [-0.4, -0.2) is 10.2 Å². The van der Waals surface area contributed by atoms with Crippen LogP contribution in [0, 0.1) is 6.92 Å². The number of nitrogens with two attached hydrogens (primary N) is 1. The molecule has 0 bridgehead atoms. The number of hydrogen-bond donors (Lipinski definition) is 1. The molecular weight excluding hydrogens is 214 g/mol. The minimum absolute atomic E-state index is 0.0263. The third kappa shape index (κ3) is 1.82. The first-order valence-electron chi connectivity index (χ1n) is 3.68. The van der Waals surface area contributed by atoms with Crippen molar-refractivity contribution in [3.05, 3.63) is 22.9 Å². The third-order valence-corrected chi connectivity index (χ3v) is 2.01. The van der Waals surface area contributed by atoms with E-state index in [-0.39, 0.29) is 16.9 Å². The molecule has 14 heavy (non-hydrogen) atoms. The van der Waals surface area contributed by atoms with Gasteiger partial charge in [0.2, 0.25) is 0 Å². The van der Waals surface area contributed by atoms with E-state index in [2.05, 4.69) is 4.98 Å². The van der Waals surface area contributed by atoms with E-state index in [0.29, 0.717) is 0 Å². The lowest BCUT2D eigenvalue weighted by Gasteiger charge is -2.09. The normalized spacial score (nSPS) is 10.6. The van der Waals surface area contributed by atoms with Gasteiger partial charge in [0.15, 0.2) is 0 Å². The lowest BCUT2D eigenvalue weighted by atomic mass is 10.1. The van der Waals surface area contributed by atoms with Crippen molar-refractivity contribution in [2.24, 2.45) is 0 Å². The fourth-order valence-corrected chi connectivity index (χ4v) is 1.32. The molecule has 0 spiro atoms. The molecule has 6 heteroatoms. The van der Waals surface area contributed by atoms with Gasteiger partial charge in [-0.05, 0) is 18.5 Å². The predicted octanol–water partition coefficient (Wildman–Crippen LogP) is 2.29. The quantitative estimate of drug-likeness (QED) is 0.778. The molecule has 0 amide bonds. The monoisotopic (exact) mass is 220 g/mol. The first-order valence-corrected chi connectivity index (χ1v) is 4.06. The van der Waals surface area contributed by atoms with Crippen molar-refractivity contribution >= 4 is 22.7 Å². The average molecular weight is 221 g/mol. The Kier molecular flexibility index (Phi) is 3.00. The average Bonchev–Trinajstić information content (AvgIpc) is 2.08. The molecule has 1 rings (SSSR count). The zero-order valence-corrected chi connectivity index (χ0v) is 7.98. The maximum Gasteiger partial charge on any atom is 0.266 e. The summed E-state index contributed by atoms with van der Waals surface area (Å²) in [5, 5.41) is -0.952. The van der Waals surface area contributed by atoms with Crippen molar-refractivity contribution < 1.29 is 13.6 Å². The Morgan fingerprint density at radius 1 is 1.64 bits per heavy atom. The molecule has 3 nitrogen and oxygen atoms in total. The van der Waals surface area contributed by atoms with Gasteiger partial charge in [0.25, 0.3) is 11.7 Å². The summed E-state index contributed by atoms with van der Waals surface area (Å²) in [4.78, 5) is 14.4. The van der Waals surface area contributed by atoms with Crippen LogP contribution < -0.4 is 5.73 Å². The van der Waals surface area contributed by atoms with Gasteiger partial charge < -0.3 is 5.73 Å². The molecule has 0 radical (unpaired) electrons. The van der Waals surface area contributed by atoms with Crippen molar-refractivity contribution in [2.75, 3.05) is 5.73 Å². The minimum atomic E-state index is -2.79. The molecule has 0 saturated carbocycles. The number of rotatable bonds is 2. The zero-order valence-electron chi connectivity index (χ0n) is 7.22. The number of carbonyl (C=O) groups excluding carboxylic acids is 1. The van der Waals surface area contributed by atoms with Crippen LogP contribution in [0.25, 0.3) is 0 Å². The van der Waals surface area contributed by atoms with Crippen molar-refractivity contribution in [1.82, 2.24) is 4.98 Å². The summed E-state index contributed by atoms with van der Waals surface area (Å²) in [6.45, 7) is 1.42. The van der Waals surface area contributed by atoms with Gasteiger partial charge in [-0.1, -0.05) is 0 Å². The lowest BCUT2D eigenvalue weighted by molar-refractivity contribution is 0.106. The topological polar surface area (TPSA) is 56.0 Å². The Morgan fingerprint density at radius 3 is 2.64 bits per heavy atom. The maximum atomic E-state index is 12.4. The molecule has 0 aliphatic carbocycles. The Morgan fingerprint density at radius 2 is 2.21 bits per heavy atom. The van der Waals surface area contributed by atoms with Crippen LogP contribution in [-0.2, 0) is 0 Å². The summed E-state index contributed by atoms with van der Waals surface area (Å²) in [7, 11) is 0. The fraction of sp³-hybridized carbons (Fsp3) is 0.250. The van der Waals surface area contributed by atoms with Crippen LogP contribution in [0.3, 0.4) is 0 Å². The SMILES string of the molecule is Cc1c(N)ncc(C(F)F)c1C(=O)Cl. The second kappa shape index (κ2) is 3.88. The molecule has 1 aromatic rings. The van der Waals surface area contributed by atoms with Crippen LogP contribution >= 0.6 is 11.6 Å². The summed E-state index contributed by atoms with van der Waals surface area (Å²) in [5.74, 6) is 0.0263. The van der Waals surface area contributed by atoms with E-state index in [1.807, 2.05) is 0 Å². The number of nitrogens with zero attached hydrogens (tertiary/aromatic N) is 1. The highest BCUT2D eigenvalue weighted by Gasteiger charge is 2.21. The molecule has 1 aromatic heterocycles. The molecule has 0 aliphatic heterocycles. The Balaban J connectivity index is 3.45. The number of aromatic nitrogens is 1. The Bertz CT molecular complexity index is 382. The molecule has 1 heterocycles. The first kappa shape index (κ1) is 10.8. The van der Waals surface area contributed by atoms with Gasteiger partial charge in [-0.3, -0.25) is 4.79 Å². The molecular formula is C8H7ClF2N2O. The predicted molar refractivity (Wildman–Crippen MR) is 48.5 cm³/mol. The number of pyridine rings is 1. The van der Waals surface area contributed by atoms with E-state index in [1.54, 1.807) is 0 Å². The van der Waals surface area contributed by atoms with Gasteiger partial charge in [0.05, 0.1) is 5.56 Å². The zero-order chi connectivity index (χ0) is 10.9. The van der Waals surface area contributed by atoms with Crippen LogP contribution in [0.2, 0.25) is 0 Å². The number of carbonyl (C=O) groups is 1. The molecule has 2 N–H and O–H groups in total. The van der Waals surface area contributed by atoms with E-state index in [1.165, 1.54) is 6.92 Å². The smallest absolute Gasteiger partial charge is 0.266 e. The van der Waals surface area contributed by atoms with Crippen LogP contribution in [0.4, 0.5) is 14.6 Å². The number of anilines is 1. The van der Waals surface area contributed by atoms with E-state index < -0.39 is 17.2 Å². The van der Waals surface area contributed by atoms with Gasteiger partial charge >= 0.3 is 0 Å². The summed E-state index contributed by atoms with van der Waals surface area (Å²) in [6.07, 6.45) is -1.93. The second-order valence-electron chi connectivity index (χ2n) is 2.67. The van der Waals surface area contributed by atoms with Crippen LogP contribution in [0.1, 0.15) is 27.9 Å². The minimum Gasteiger partial charge on any atom is -0.383 e. The molecule has 0 aromatic carbocycles. The summed E-state index contributed by atoms with van der Waals surface area (Å²) in [6, 6.07) is 0. The largest absolute Gasteiger partial charge is 0.383 e. The highest BCUT2D eigenvalue weighted by Crippen LogP contribution is 2.27. The van der Waals surface area contributed by atoms with Crippen molar-refractivity contribution in [1.29, 1.82) is 0 Å². The third-order valence-electron chi connectivity index (χ3n) is 1.82. The Hall–Kier alpha value is -1.23. The Labute approximate surface area is 83.9 Å². The number of halogens is 3. The highest BCUT2D eigenvalue weighted by molar-refractivity contribution is 6.68. The second-order valence-corrected chi connectivity index (χ2v) is 3.02. The van der Waals surface area contributed by atoms with Gasteiger partial charge in [0.1, 0.15) is 5.82 Å². The van der Waals surface area contributed by atoms with Crippen molar-refractivity contribution in [3.63, 3.8) is 0 Å². The van der Waals surface area contributed by atoms with E-state index in [9.17, 15) is 13.6 Å². The molecule has 0 atom stereocenters. The van der Waals surface area contributed by atoms with E-state index >= 15 is 0 Å². The van der Waals surface area contributed by atoms with Gasteiger partial charge in [0, 0.05) is 17.3 Å². The molecule has 0 unspecified atom stereocenters. The van der Waals surface area contributed by atoms with E-state index in [0.717, 1.165) is 6.20 Å². The summed E-state index contributed by atoms with van der Waals surface area (Å²) < 4.78 is 24.8. The van der Waals surface area contributed by atoms with Crippen LogP contribution in [0.15, 0.2) is 6.20 Å². The number of hydrogen-bond acceptors (Lipinski definition) is 3. The lowest BCUT2D eigenvalue weighted by Crippen LogP contribution is -2.06. The fourth-order valence-electron chi connectivity index (χ4n) is 1.07. The highest BCUT2D eigenvalue weighted by atomic mass is 35.5. The first-order chi connectivity index (χ1) is 6.45.